The Balaban J connectivity index is 3.32. The van der Waals surface area contributed by atoms with Gasteiger partial charge in [0, 0.05) is 64.1 Å². The average molecular weight is 873 g/mol. The molecule has 13 nitrogen and oxygen atoms in total. The molecule has 0 aromatic rings. The monoisotopic (exact) mass is 872 g/mol. The molecule has 1 aliphatic heterocycles. The van der Waals surface area contributed by atoms with Gasteiger partial charge in [0.25, 0.3) is 0 Å². The fourth-order valence-corrected chi connectivity index (χ4v) is 8.34. The first-order valence-corrected chi connectivity index (χ1v) is 20.1. The highest BCUT2D eigenvalue weighted by Gasteiger charge is 2.43. The molecule has 5 amide bonds. The Hall–Kier alpha value is -2.82. The van der Waals surface area contributed by atoms with Gasteiger partial charge in [0.05, 0.1) is 36.6 Å². The van der Waals surface area contributed by atoms with Gasteiger partial charge < -0.3 is 35.2 Å². The molecule has 54 heavy (non-hydrogen) atoms. The van der Waals surface area contributed by atoms with Crippen molar-refractivity contribution in [3.63, 3.8) is 0 Å². The topological polar surface area (TPSA) is 150 Å². The number of ether oxygens (including phenoxy) is 2. The number of nitrogens with one attached hydrogen (secondary N) is 3. The Labute approximate surface area is 338 Å². The number of allylic oxidation sites excluding steroid dienone is 3. The zero-order chi connectivity index (χ0) is 41.4. The van der Waals surface area contributed by atoms with E-state index in [-0.39, 0.29) is 60.1 Å². The van der Waals surface area contributed by atoms with Crippen molar-refractivity contribution >= 4 is 52.4 Å². The predicted molar refractivity (Wildman–Crippen MR) is 222 cm³/mol. The molecule has 1 saturated heterocycles. The van der Waals surface area contributed by atoms with Crippen molar-refractivity contribution in [3.8, 4) is 0 Å². The summed E-state index contributed by atoms with van der Waals surface area (Å²) in [6.07, 6.45) is 5.98. The van der Waals surface area contributed by atoms with Crippen molar-refractivity contribution in [2.75, 3.05) is 41.9 Å². The van der Waals surface area contributed by atoms with Crippen LogP contribution in [0.25, 0.3) is 0 Å². The highest BCUT2D eigenvalue weighted by atomic mass is 127. The van der Waals surface area contributed by atoms with Crippen LogP contribution in [0.5, 0.6) is 0 Å². The van der Waals surface area contributed by atoms with E-state index >= 15 is 0 Å². The lowest BCUT2D eigenvalue weighted by molar-refractivity contribution is -0.148. The highest BCUT2D eigenvalue weighted by molar-refractivity contribution is 14.1. The number of hydrogen-bond acceptors (Lipinski definition) is 8. The van der Waals surface area contributed by atoms with Crippen molar-refractivity contribution in [3.05, 3.63) is 37.0 Å². The summed E-state index contributed by atoms with van der Waals surface area (Å²) in [5.41, 5.74) is 0.742. The van der Waals surface area contributed by atoms with E-state index in [9.17, 15) is 24.0 Å². The minimum absolute atomic E-state index is 0.00308. The molecular formula is C40H69IN6O7. The Morgan fingerprint density at radius 3 is 2.02 bits per heavy atom. The van der Waals surface area contributed by atoms with Gasteiger partial charge in [-0.05, 0) is 43.2 Å². The van der Waals surface area contributed by atoms with Crippen LogP contribution in [0.1, 0.15) is 80.6 Å². The van der Waals surface area contributed by atoms with E-state index in [1.165, 1.54) is 14.2 Å². The molecule has 0 aromatic heterocycles. The molecule has 1 heterocycles. The number of carbonyl (C=O) groups excluding carboxylic acids is 5. The van der Waals surface area contributed by atoms with Crippen molar-refractivity contribution in [1.29, 1.82) is 0 Å². The Bertz CT molecular complexity index is 1300. The van der Waals surface area contributed by atoms with E-state index in [1.807, 2.05) is 51.7 Å². The lowest BCUT2D eigenvalue weighted by Crippen LogP contribution is -2.59. The SMILES string of the molecule is C=C/C=C(\C=C)C[C@H](NC(=O)[C@H](C)[C@@H](OC)[C@@H]1CCCN1C(=O)C[C@@H](OC)[C@H]([C@@H](C)CC)N(C)C(=O)[C@@H](NC(=O)[C@H](C(C)C)N(C)I)C(C)C)C(=O)NC. The summed E-state index contributed by atoms with van der Waals surface area (Å²) in [7, 11) is 8.14. The van der Waals surface area contributed by atoms with Gasteiger partial charge in [-0.15, -0.1) is 0 Å². The van der Waals surface area contributed by atoms with E-state index < -0.39 is 48.3 Å². The fraction of sp³-hybridized carbons (Fsp3) is 0.725. The summed E-state index contributed by atoms with van der Waals surface area (Å²) in [6, 6.07) is -2.90. The number of amides is 5. The maximum Gasteiger partial charge on any atom is 0.245 e. The molecule has 0 aromatic carbocycles. The third-order valence-electron chi connectivity index (χ3n) is 10.7. The second-order valence-corrected chi connectivity index (χ2v) is 16.6. The largest absolute Gasteiger partial charge is 0.379 e. The molecule has 1 rings (SSSR count). The van der Waals surface area contributed by atoms with Gasteiger partial charge in [-0.25, -0.2) is 3.11 Å². The molecule has 0 saturated carbocycles. The molecule has 0 bridgehead atoms. The van der Waals surface area contributed by atoms with E-state index in [4.69, 9.17) is 9.47 Å². The molecular weight excluding hydrogens is 803 g/mol. The van der Waals surface area contributed by atoms with Crippen LogP contribution in [0, 0.1) is 23.7 Å². The molecule has 1 fully saturated rings. The minimum atomic E-state index is -0.847. The van der Waals surface area contributed by atoms with Crippen LogP contribution in [-0.4, -0.2) is 127 Å². The van der Waals surface area contributed by atoms with Gasteiger partial charge in [-0.3, -0.25) is 24.0 Å². The fourth-order valence-electron chi connectivity index (χ4n) is 7.45. The molecule has 308 valence electrons. The molecule has 3 N–H and O–H groups in total. The summed E-state index contributed by atoms with van der Waals surface area (Å²) in [4.78, 5) is 71.7. The van der Waals surface area contributed by atoms with Gasteiger partial charge in [0.1, 0.15) is 18.1 Å². The average Bonchev–Trinajstić information content (AvgIpc) is 3.61. The first-order chi connectivity index (χ1) is 25.4. The molecule has 0 spiro atoms. The van der Waals surface area contributed by atoms with Crippen LogP contribution in [-0.2, 0) is 33.4 Å². The molecule has 0 radical (unpaired) electrons. The summed E-state index contributed by atoms with van der Waals surface area (Å²) in [5.74, 6) is -2.24. The van der Waals surface area contributed by atoms with Crippen LogP contribution < -0.4 is 16.0 Å². The molecule has 0 unspecified atom stereocenters. The van der Waals surface area contributed by atoms with Crippen molar-refractivity contribution in [2.45, 2.75) is 123 Å². The first kappa shape index (κ1) is 49.2. The summed E-state index contributed by atoms with van der Waals surface area (Å²) >= 11 is 2.10. The Morgan fingerprint density at radius 2 is 1.56 bits per heavy atom. The number of carbonyl (C=O) groups is 5. The smallest absolute Gasteiger partial charge is 0.245 e. The zero-order valence-corrected chi connectivity index (χ0v) is 37.0. The maximum atomic E-state index is 14.2. The van der Waals surface area contributed by atoms with Crippen LogP contribution in [0.4, 0.5) is 0 Å². The zero-order valence-electron chi connectivity index (χ0n) is 34.8. The molecule has 1 aliphatic rings. The van der Waals surface area contributed by atoms with Crippen LogP contribution >= 0.6 is 22.9 Å². The second-order valence-electron chi connectivity index (χ2n) is 15.1. The maximum absolute atomic E-state index is 14.2. The Morgan fingerprint density at radius 1 is 0.926 bits per heavy atom. The lowest BCUT2D eigenvalue weighted by Gasteiger charge is -2.41. The van der Waals surface area contributed by atoms with Gasteiger partial charge in [-0.2, -0.15) is 0 Å². The summed E-state index contributed by atoms with van der Waals surface area (Å²) in [6.45, 7) is 21.5. The van der Waals surface area contributed by atoms with Gasteiger partial charge in [-0.1, -0.05) is 86.3 Å². The third kappa shape index (κ3) is 13.4. The molecule has 9 atom stereocenters. The number of hydrogen-bond donors (Lipinski definition) is 3. The molecule has 0 aliphatic carbocycles. The standard InChI is InChI=1S/C40H69IN6O7/c1-15-19-28(17-3)22-29(38(50)42-10)43-37(49)27(9)36(54-14)30-20-18-21-47(30)32(48)23-31(53-13)35(26(8)16-2)45(11)40(52)33(24(4)5)44-39(51)34(25(6)7)46(12)41/h15,17,19,24-27,29-31,33-36H,1,3,16,18,20-23H2,2,4-14H3,(H,42,50)(H,43,49)(H,44,51)/b28-19+/t26-,27+,29-,30-,31+,33-,34-,35-,36+/m0/s1. The number of nitrogens with zero attached hydrogens (tertiary/aromatic N) is 3. The van der Waals surface area contributed by atoms with E-state index in [0.29, 0.717) is 13.0 Å². The van der Waals surface area contributed by atoms with Crippen molar-refractivity contribution in [1.82, 2.24) is 28.9 Å². The number of methoxy groups -OCH3 is 2. The predicted octanol–water partition coefficient (Wildman–Crippen LogP) is 4.27. The van der Waals surface area contributed by atoms with Gasteiger partial charge in [0.15, 0.2) is 0 Å². The van der Waals surface area contributed by atoms with Crippen LogP contribution in [0.2, 0.25) is 0 Å². The quantitative estimate of drug-likeness (QED) is 0.0784. The summed E-state index contributed by atoms with van der Waals surface area (Å²) < 4.78 is 13.8. The van der Waals surface area contributed by atoms with Crippen LogP contribution in [0.15, 0.2) is 37.0 Å². The van der Waals surface area contributed by atoms with E-state index in [2.05, 4.69) is 52.0 Å². The number of halogens is 1. The number of rotatable bonds is 23. The van der Waals surface area contributed by atoms with Gasteiger partial charge in [0.2, 0.25) is 29.5 Å². The number of likely N-dealkylation sites (N-methyl/N-ethyl adjacent to an activating group) is 3. The third-order valence-corrected chi connectivity index (χ3v) is 11.3. The first-order valence-electron chi connectivity index (χ1n) is 19.1. The molecule has 14 heteroatoms. The number of likely N-dealkylation sites (tertiary alicyclic amines) is 1. The van der Waals surface area contributed by atoms with Gasteiger partial charge >= 0.3 is 0 Å². The van der Waals surface area contributed by atoms with E-state index in [1.54, 1.807) is 49.1 Å². The Kier molecular flexibility index (Phi) is 21.8. The van der Waals surface area contributed by atoms with Crippen LogP contribution in [0.3, 0.4) is 0 Å². The van der Waals surface area contributed by atoms with Crippen molar-refractivity contribution in [2.24, 2.45) is 23.7 Å². The lowest BCUT2D eigenvalue weighted by atomic mass is 9.89. The highest BCUT2D eigenvalue weighted by Crippen LogP contribution is 2.30. The van der Waals surface area contributed by atoms with E-state index in [0.717, 1.165) is 18.4 Å². The second kappa shape index (κ2) is 24.0. The normalized spacial score (nSPS) is 19.3. The minimum Gasteiger partial charge on any atom is -0.379 e. The summed E-state index contributed by atoms with van der Waals surface area (Å²) in [5, 5.41) is 8.51. The van der Waals surface area contributed by atoms with Crippen molar-refractivity contribution < 1.29 is 33.4 Å².